The molecule has 0 amide bonds. The number of rotatable bonds is 3. The van der Waals surface area contributed by atoms with Crippen molar-refractivity contribution < 1.29 is 0 Å². The number of hydrogen-bond acceptors (Lipinski definition) is 0. The minimum absolute atomic E-state index is 0.560. The van der Waals surface area contributed by atoms with Crippen LogP contribution >= 0.6 is 27.5 Å². The summed E-state index contributed by atoms with van der Waals surface area (Å²) in [7, 11) is 0. The van der Waals surface area contributed by atoms with Crippen molar-refractivity contribution in [2.24, 2.45) is 0 Å². The maximum Gasteiger partial charge on any atom is 0.0440 e. The van der Waals surface area contributed by atoms with Crippen LogP contribution in [0.5, 0.6) is 0 Å². The Morgan fingerprint density at radius 1 is 1.46 bits per heavy atom. The average Bonchev–Trinajstić information content (AvgIpc) is 2.02. The van der Waals surface area contributed by atoms with Gasteiger partial charge in [0, 0.05) is 9.85 Å². The van der Waals surface area contributed by atoms with Crippen LogP contribution in [0, 0.1) is 6.92 Å². The molecule has 0 fully saturated rings. The van der Waals surface area contributed by atoms with Crippen LogP contribution in [0.2, 0.25) is 5.02 Å². The van der Waals surface area contributed by atoms with E-state index in [-0.39, 0.29) is 0 Å². The van der Waals surface area contributed by atoms with Crippen molar-refractivity contribution in [1.29, 1.82) is 0 Å². The van der Waals surface area contributed by atoms with Gasteiger partial charge in [-0.3, -0.25) is 0 Å². The van der Waals surface area contributed by atoms with Gasteiger partial charge in [-0.15, -0.1) is 0 Å². The molecule has 0 aliphatic carbocycles. The molecule has 0 saturated carbocycles. The van der Waals surface area contributed by atoms with Gasteiger partial charge in [-0.25, -0.2) is 0 Å². The van der Waals surface area contributed by atoms with E-state index < -0.39 is 0 Å². The second-order valence-electron chi connectivity index (χ2n) is 3.41. The van der Waals surface area contributed by atoms with Crippen LogP contribution in [-0.4, -0.2) is 4.83 Å². The van der Waals surface area contributed by atoms with Crippen LogP contribution in [0.15, 0.2) is 18.2 Å². The Balaban J connectivity index is 2.67. The number of hydrogen-bond donors (Lipinski definition) is 0. The Bertz CT molecular complexity index is 281. The fourth-order valence-corrected chi connectivity index (χ4v) is 1.77. The van der Waals surface area contributed by atoms with Crippen molar-refractivity contribution in [2.75, 3.05) is 0 Å². The van der Waals surface area contributed by atoms with Crippen molar-refractivity contribution >= 4 is 27.5 Å². The second kappa shape index (κ2) is 5.02. The highest BCUT2D eigenvalue weighted by molar-refractivity contribution is 9.09. The van der Waals surface area contributed by atoms with Crippen LogP contribution in [0.3, 0.4) is 0 Å². The maximum absolute atomic E-state index is 6.10. The molecule has 0 aliphatic heterocycles. The van der Waals surface area contributed by atoms with Crippen LogP contribution in [0.4, 0.5) is 0 Å². The first-order chi connectivity index (χ1) is 6.09. The first kappa shape index (κ1) is 11.1. The number of alkyl halides is 1. The van der Waals surface area contributed by atoms with Crippen molar-refractivity contribution in [3.05, 3.63) is 34.3 Å². The fraction of sp³-hybridized carbons (Fsp3) is 0.455. The molecule has 0 nitrogen and oxygen atoms in total. The normalized spacial score (nSPS) is 12.9. The van der Waals surface area contributed by atoms with Crippen LogP contribution < -0.4 is 0 Å². The van der Waals surface area contributed by atoms with Crippen LogP contribution in [0.1, 0.15) is 24.5 Å². The van der Waals surface area contributed by atoms with Gasteiger partial charge in [-0.05, 0) is 37.0 Å². The zero-order valence-electron chi connectivity index (χ0n) is 7.98. The van der Waals surface area contributed by atoms with Gasteiger partial charge >= 0.3 is 0 Å². The van der Waals surface area contributed by atoms with Gasteiger partial charge in [0.15, 0.2) is 0 Å². The smallest absolute Gasteiger partial charge is 0.0440 e. The topological polar surface area (TPSA) is 0 Å². The molecule has 13 heavy (non-hydrogen) atoms. The Kier molecular flexibility index (Phi) is 4.27. The number of benzene rings is 1. The van der Waals surface area contributed by atoms with E-state index in [2.05, 4.69) is 41.9 Å². The molecule has 0 saturated heterocycles. The molecule has 0 N–H and O–H groups in total. The SMILES string of the molecule is Cc1ccc(CCC(C)Br)c(Cl)c1. The molecule has 1 atom stereocenters. The summed E-state index contributed by atoms with van der Waals surface area (Å²) < 4.78 is 0. The standard InChI is InChI=1S/C11H14BrCl/c1-8-3-5-10(11(13)7-8)6-4-9(2)12/h3,5,7,9H,4,6H2,1-2H3. The van der Waals surface area contributed by atoms with Gasteiger partial charge in [0.2, 0.25) is 0 Å². The summed E-state index contributed by atoms with van der Waals surface area (Å²) in [4.78, 5) is 0.560. The highest BCUT2D eigenvalue weighted by Gasteiger charge is 2.02. The first-order valence-corrected chi connectivity index (χ1v) is 5.78. The van der Waals surface area contributed by atoms with E-state index >= 15 is 0 Å². The van der Waals surface area contributed by atoms with Gasteiger partial charge in [-0.2, -0.15) is 0 Å². The van der Waals surface area contributed by atoms with Gasteiger partial charge in [0.25, 0.3) is 0 Å². The molecule has 0 spiro atoms. The van der Waals surface area contributed by atoms with Crippen LogP contribution in [0.25, 0.3) is 0 Å². The third-order valence-electron chi connectivity index (χ3n) is 2.02. The molecule has 0 bridgehead atoms. The second-order valence-corrected chi connectivity index (χ2v) is 5.38. The lowest BCUT2D eigenvalue weighted by Gasteiger charge is -2.06. The highest BCUT2D eigenvalue weighted by atomic mass is 79.9. The minimum Gasteiger partial charge on any atom is -0.0894 e. The molecule has 72 valence electrons. The average molecular weight is 262 g/mol. The molecule has 0 aliphatic rings. The van der Waals surface area contributed by atoms with Gasteiger partial charge in [0.1, 0.15) is 0 Å². The van der Waals surface area contributed by atoms with E-state index in [9.17, 15) is 0 Å². The summed E-state index contributed by atoms with van der Waals surface area (Å²) in [6, 6.07) is 6.25. The predicted molar refractivity (Wildman–Crippen MR) is 62.9 cm³/mol. The number of aryl methyl sites for hydroxylation is 2. The Labute approximate surface area is 93.4 Å². The fourth-order valence-electron chi connectivity index (χ4n) is 1.21. The quantitative estimate of drug-likeness (QED) is 0.709. The Morgan fingerprint density at radius 2 is 2.15 bits per heavy atom. The van der Waals surface area contributed by atoms with Crippen LogP contribution in [-0.2, 0) is 6.42 Å². The molecular weight excluding hydrogens is 247 g/mol. The minimum atomic E-state index is 0.560. The summed E-state index contributed by atoms with van der Waals surface area (Å²) in [5, 5.41) is 0.896. The summed E-state index contributed by atoms with van der Waals surface area (Å²) in [6.07, 6.45) is 2.17. The lowest BCUT2D eigenvalue weighted by atomic mass is 10.1. The maximum atomic E-state index is 6.10. The molecule has 1 rings (SSSR count). The summed E-state index contributed by atoms with van der Waals surface area (Å²) in [6.45, 7) is 4.21. The molecule has 2 heteroatoms. The van der Waals surface area contributed by atoms with Crippen molar-refractivity contribution in [1.82, 2.24) is 0 Å². The van der Waals surface area contributed by atoms with Gasteiger partial charge in [-0.1, -0.05) is 46.6 Å². The molecule has 1 aromatic rings. The third-order valence-corrected chi connectivity index (χ3v) is 2.83. The van der Waals surface area contributed by atoms with Crippen molar-refractivity contribution in [3.63, 3.8) is 0 Å². The van der Waals surface area contributed by atoms with Gasteiger partial charge in [0.05, 0.1) is 0 Å². The lowest BCUT2D eigenvalue weighted by molar-refractivity contribution is 0.822. The zero-order valence-corrected chi connectivity index (χ0v) is 10.3. The first-order valence-electron chi connectivity index (χ1n) is 4.48. The molecule has 1 aromatic carbocycles. The number of halogens is 2. The predicted octanol–water partition coefficient (Wildman–Crippen LogP) is 4.36. The molecule has 0 heterocycles. The van der Waals surface area contributed by atoms with E-state index in [1.807, 2.05) is 6.07 Å². The van der Waals surface area contributed by atoms with E-state index in [0.717, 1.165) is 17.9 Å². The van der Waals surface area contributed by atoms with Crippen molar-refractivity contribution in [2.45, 2.75) is 31.5 Å². The summed E-state index contributed by atoms with van der Waals surface area (Å²) in [5.74, 6) is 0. The summed E-state index contributed by atoms with van der Waals surface area (Å²) in [5.41, 5.74) is 2.47. The molecule has 1 unspecified atom stereocenters. The monoisotopic (exact) mass is 260 g/mol. The van der Waals surface area contributed by atoms with E-state index in [1.165, 1.54) is 11.1 Å². The molecular formula is C11H14BrCl. The van der Waals surface area contributed by atoms with E-state index in [0.29, 0.717) is 4.83 Å². The summed E-state index contributed by atoms with van der Waals surface area (Å²) >= 11 is 9.63. The van der Waals surface area contributed by atoms with Gasteiger partial charge < -0.3 is 0 Å². The highest BCUT2D eigenvalue weighted by Crippen LogP contribution is 2.20. The molecule has 0 radical (unpaired) electrons. The van der Waals surface area contributed by atoms with Crippen molar-refractivity contribution in [3.8, 4) is 0 Å². The lowest BCUT2D eigenvalue weighted by Crippen LogP contribution is -1.94. The Morgan fingerprint density at radius 3 is 2.69 bits per heavy atom. The largest absolute Gasteiger partial charge is 0.0894 e. The molecule has 0 aromatic heterocycles. The van der Waals surface area contributed by atoms with E-state index in [1.54, 1.807) is 0 Å². The van der Waals surface area contributed by atoms with E-state index in [4.69, 9.17) is 11.6 Å². The zero-order chi connectivity index (χ0) is 9.84. The Hall–Kier alpha value is -0.0100. The third kappa shape index (κ3) is 3.70.